The summed E-state index contributed by atoms with van der Waals surface area (Å²) in [5.74, 6) is 0.501. The lowest BCUT2D eigenvalue weighted by Gasteiger charge is -2.37. The van der Waals surface area contributed by atoms with E-state index >= 15 is 0 Å². The van der Waals surface area contributed by atoms with E-state index < -0.39 is 0 Å². The third-order valence-corrected chi connectivity index (χ3v) is 6.80. The normalized spacial score (nSPS) is 20.4. The van der Waals surface area contributed by atoms with Crippen LogP contribution in [0.5, 0.6) is 0 Å². The highest BCUT2D eigenvalue weighted by molar-refractivity contribution is 5.92. The van der Waals surface area contributed by atoms with Gasteiger partial charge in [0.25, 0.3) is 11.5 Å². The average Bonchev–Trinajstić information content (AvgIpc) is 3.29. The molecule has 1 atom stereocenters. The molecule has 4 heterocycles. The van der Waals surface area contributed by atoms with Crippen LogP contribution in [0.1, 0.15) is 66.7 Å². The van der Waals surface area contributed by atoms with Crippen molar-refractivity contribution in [2.45, 2.75) is 51.0 Å². The van der Waals surface area contributed by atoms with Gasteiger partial charge in [-0.15, -0.1) is 0 Å². The van der Waals surface area contributed by atoms with E-state index in [2.05, 4.69) is 45.0 Å². The summed E-state index contributed by atoms with van der Waals surface area (Å²) in [6.07, 6.45) is 5.13. The Labute approximate surface area is 183 Å². The summed E-state index contributed by atoms with van der Waals surface area (Å²) < 4.78 is 0. The first kappa shape index (κ1) is 21.6. The second-order valence-electron chi connectivity index (χ2n) is 9.03. The molecule has 2 saturated heterocycles. The number of likely N-dealkylation sites (tertiary alicyclic amines) is 1. The van der Waals surface area contributed by atoms with Gasteiger partial charge in [-0.25, -0.2) is 4.98 Å². The molecule has 0 aliphatic carbocycles. The molecule has 0 aromatic carbocycles. The highest BCUT2D eigenvalue weighted by atomic mass is 16.1. The minimum absolute atomic E-state index is 0.0651. The summed E-state index contributed by atoms with van der Waals surface area (Å²) >= 11 is 0. The van der Waals surface area contributed by atoms with Crippen LogP contribution in [0.4, 0.5) is 5.69 Å². The highest BCUT2D eigenvalue weighted by Gasteiger charge is 2.32. The van der Waals surface area contributed by atoms with Gasteiger partial charge in [-0.1, -0.05) is 19.9 Å². The van der Waals surface area contributed by atoms with Crippen molar-refractivity contribution in [3.8, 4) is 0 Å². The summed E-state index contributed by atoms with van der Waals surface area (Å²) in [4.78, 5) is 36.4. The number of pyridine rings is 2. The second kappa shape index (κ2) is 9.22. The Kier molecular flexibility index (Phi) is 6.41. The molecule has 4 rings (SSSR count). The number of hydrogen-bond acceptors (Lipinski definition) is 5. The molecule has 0 radical (unpaired) electrons. The lowest BCUT2D eigenvalue weighted by atomic mass is 10.00. The first-order valence-corrected chi connectivity index (χ1v) is 11.4. The van der Waals surface area contributed by atoms with Crippen LogP contribution >= 0.6 is 0 Å². The van der Waals surface area contributed by atoms with Crippen LogP contribution in [-0.2, 0) is 0 Å². The van der Waals surface area contributed by atoms with E-state index in [1.165, 1.54) is 0 Å². The van der Waals surface area contributed by atoms with E-state index in [1.807, 2.05) is 12.1 Å². The van der Waals surface area contributed by atoms with E-state index in [4.69, 9.17) is 0 Å². The molecule has 1 unspecified atom stereocenters. The molecule has 0 saturated carbocycles. The van der Waals surface area contributed by atoms with Crippen LogP contribution in [0.2, 0.25) is 0 Å². The standard InChI is InChI=1S/C24H33N5O2/c1-16(2)20-5-7-21(27-23(20)30)17-8-11-29(15-17)18-9-12-28(13-10-18)19-4-6-22(26-14-19)24(31)25-3/h4-7,14,16-18H,8-13,15H2,1-3H3,(H,25,31)(H,27,30). The molecule has 31 heavy (non-hydrogen) atoms. The molecular weight excluding hydrogens is 390 g/mol. The van der Waals surface area contributed by atoms with Gasteiger partial charge in [0.2, 0.25) is 0 Å². The molecular formula is C24H33N5O2. The number of aromatic amines is 1. The van der Waals surface area contributed by atoms with Crippen molar-refractivity contribution in [1.82, 2.24) is 20.2 Å². The highest BCUT2D eigenvalue weighted by Crippen LogP contribution is 2.31. The van der Waals surface area contributed by atoms with Crippen molar-refractivity contribution in [3.63, 3.8) is 0 Å². The van der Waals surface area contributed by atoms with Crippen molar-refractivity contribution in [2.75, 3.05) is 38.1 Å². The molecule has 2 aliphatic rings. The molecule has 166 valence electrons. The maximum Gasteiger partial charge on any atom is 0.269 e. The number of anilines is 1. The second-order valence-corrected chi connectivity index (χ2v) is 9.03. The lowest BCUT2D eigenvalue weighted by Crippen LogP contribution is -2.44. The Bertz CT molecular complexity index is 961. The molecule has 0 spiro atoms. The minimum Gasteiger partial charge on any atom is -0.370 e. The van der Waals surface area contributed by atoms with E-state index in [1.54, 1.807) is 19.3 Å². The summed E-state index contributed by atoms with van der Waals surface area (Å²) in [6.45, 7) is 8.20. The molecule has 2 aliphatic heterocycles. The van der Waals surface area contributed by atoms with Crippen LogP contribution in [-0.4, -0.2) is 60.0 Å². The predicted octanol–water partition coefficient (Wildman–Crippen LogP) is 2.71. The molecule has 2 aromatic rings. The first-order chi connectivity index (χ1) is 15.0. The van der Waals surface area contributed by atoms with Crippen molar-refractivity contribution >= 4 is 11.6 Å². The van der Waals surface area contributed by atoms with Crippen LogP contribution in [0.3, 0.4) is 0 Å². The van der Waals surface area contributed by atoms with Crippen LogP contribution < -0.4 is 15.8 Å². The third kappa shape index (κ3) is 4.66. The number of carbonyl (C=O) groups excluding carboxylic acids is 1. The molecule has 2 aromatic heterocycles. The number of carbonyl (C=O) groups is 1. The molecule has 1 amide bonds. The van der Waals surface area contributed by atoms with Gasteiger partial charge >= 0.3 is 0 Å². The number of rotatable bonds is 5. The van der Waals surface area contributed by atoms with Gasteiger partial charge in [0.1, 0.15) is 5.69 Å². The fraction of sp³-hybridized carbons (Fsp3) is 0.542. The fourth-order valence-electron chi connectivity index (χ4n) is 4.89. The van der Waals surface area contributed by atoms with Gasteiger partial charge in [0.15, 0.2) is 0 Å². The Hall–Kier alpha value is -2.67. The molecule has 7 heteroatoms. The number of nitrogens with zero attached hydrogens (tertiary/aromatic N) is 3. The average molecular weight is 424 g/mol. The van der Waals surface area contributed by atoms with Gasteiger partial charge in [-0.2, -0.15) is 0 Å². The summed E-state index contributed by atoms with van der Waals surface area (Å²) in [6, 6.07) is 8.48. The topological polar surface area (TPSA) is 81.3 Å². The maximum atomic E-state index is 12.4. The van der Waals surface area contributed by atoms with Crippen LogP contribution in [0.25, 0.3) is 0 Å². The Morgan fingerprint density at radius 3 is 2.52 bits per heavy atom. The minimum atomic E-state index is -0.158. The van der Waals surface area contributed by atoms with Crippen LogP contribution in [0, 0.1) is 0 Å². The zero-order valence-corrected chi connectivity index (χ0v) is 18.7. The molecule has 7 nitrogen and oxygen atoms in total. The van der Waals surface area contributed by atoms with E-state index in [9.17, 15) is 9.59 Å². The van der Waals surface area contributed by atoms with Crippen LogP contribution in [0.15, 0.2) is 35.3 Å². The summed E-state index contributed by atoms with van der Waals surface area (Å²) in [5.41, 5.74) is 3.53. The maximum absolute atomic E-state index is 12.4. The number of amides is 1. The number of H-pyrrole nitrogens is 1. The Balaban J connectivity index is 1.32. The molecule has 2 fully saturated rings. The first-order valence-electron chi connectivity index (χ1n) is 11.4. The number of hydrogen-bond donors (Lipinski definition) is 2. The summed E-state index contributed by atoms with van der Waals surface area (Å²) in [5, 5.41) is 2.60. The fourth-order valence-corrected chi connectivity index (χ4v) is 4.89. The van der Waals surface area contributed by atoms with Crippen molar-refractivity contribution in [3.05, 3.63) is 57.8 Å². The number of piperidine rings is 1. The van der Waals surface area contributed by atoms with Gasteiger partial charge in [0, 0.05) is 49.9 Å². The van der Waals surface area contributed by atoms with E-state index in [-0.39, 0.29) is 17.4 Å². The number of aromatic nitrogens is 2. The lowest BCUT2D eigenvalue weighted by molar-refractivity contribution is 0.0958. The zero-order chi connectivity index (χ0) is 22.0. The summed E-state index contributed by atoms with van der Waals surface area (Å²) in [7, 11) is 1.62. The van der Waals surface area contributed by atoms with Gasteiger partial charge in [-0.05, 0) is 49.9 Å². The monoisotopic (exact) mass is 423 g/mol. The van der Waals surface area contributed by atoms with Crippen molar-refractivity contribution in [1.29, 1.82) is 0 Å². The molecule has 2 N–H and O–H groups in total. The van der Waals surface area contributed by atoms with E-state index in [0.29, 0.717) is 17.7 Å². The Morgan fingerprint density at radius 1 is 1.13 bits per heavy atom. The van der Waals surface area contributed by atoms with E-state index in [0.717, 1.165) is 62.4 Å². The largest absolute Gasteiger partial charge is 0.370 e. The van der Waals surface area contributed by atoms with Crippen molar-refractivity contribution in [2.24, 2.45) is 0 Å². The Morgan fingerprint density at radius 2 is 1.90 bits per heavy atom. The SMILES string of the molecule is CNC(=O)c1ccc(N2CCC(N3CCC(c4ccc(C(C)C)c(=O)[nH]4)C3)CC2)cn1. The predicted molar refractivity (Wildman–Crippen MR) is 123 cm³/mol. The van der Waals surface area contributed by atoms with Gasteiger partial charge in [0.05, 0.1) is 11.9 Å². The zero-order valence-electron chi connectivity index (χ0n) is 18.7. The van der Waals surface area contributed by atoms with Gasteiger partial charge in [-0.3, -0.25) is 14.5 Å². The van der Waals surface area contributed by atoms with Gasteiger partial charge < -0.3 is 15.2 Å². The smallest absolute Gasteiger partial charge is 0.269 e. The third-order valence-electron chi connectivity index (χ3n) is 6.80. The van der Waals surface area contributed by atoms with Crippen molar-refractivity contribution < 1.29 is 4.79 Å². The molecule has 0 bridgehead atoms. The quantitative estimate of drug-likeness (QED) is 0.773. The number of nitrogens with one attached hydrogen (secondary N) is 2.